The maximum atomic E-state index is 12.5. The van der Waals surface area contributed by atoms with Crippen molar-refractivity contribution in [1.29, 1.82) is 0 Å². The van der Waals surface area contributed by atoms with Gasteiger partial charge in [-0.1, -0.05) is 18.5 Å². The van der Waals surface area contributed by atoms with E-state index in [4.69, 9.17) is 16.7 Å². The third-order valence-corrected chi connectivity index (χ3v) is 4.04. The van der Waals surface area contributed by atoms with Gasteiger partial charge in [0.2, 0.25) is 0 Å². The summed E-state index contributed by atoms with van der Waals surface area (Å²) in [7, 11) is 0. The monoisotopic (exact) mass is 327 g/mol. The summed E-state index contributed by atoms with van der Waals surface area (Å²) in [6.45, 7) is 1.93. The Kier molecular flexibility index (Phi) is 4.98. The van der Waals surface area contributed by atoms with Gasteiger partial charge >= 0.3 is 5.97 Å². The number of carboxylic acid groups (broad SMARTS) is 1. The van der Waals surface area contributed by atoms with E-state index in [-0.39, 0.29) is 12.5 Å². The molecule has 2 aromatic heterocycles. The molecule has 0 aromatic carbocycles. The number of carbonyl (C=O) groups is 2. The van der Waals surface area contributed by atoms with Crippen molar-refractivity contribution in [3.8, 4) is 10.6 Å². The lowest BCUT2D eigenvalue weighted by Gasteiger charge is -2.19. The standard InChI is InChI=1S/C13H14ClN3O3S/c1-2-5-17(7-11(18)19)13(20)8-6-15-16-12(8)9-3-4-10(14)21-9/h3-4,6H,2,5,7H2,1H3,(H,15,16)(H,18,19). The number of hydrogen-bond acceptors (Lipinski definition) is 4. The van der Waals surface area contributed by atoms with Crippen LogP contribution < -0.4 is 0 Å². The van der Waals surface area contributed by atoms with Crippen molar-refractivity contribution in [3.05, 3.63) is 28.2 Å². The maximum absolute atomic E-state index is 12.5. The number of aromatic amines is 1. The van der Waals surface area contributed by atoms with Gasteiger partial charge in [-0.3, -0.25) is 14.7 Å². The van der Waals surface area contributed by atoms with E-state index in [9.17, 15) is 9.59 Å². The molecule has 0 unspecified atom stereocenters. The number of thiophene rings is 1. The molecule has 2 N–H and O–H groups in total. The summed E-state index contributed by atoms with van der Waals surface area (Å²) in [5.41, 5.74) is 0.909. The number of aliphatic carboxylic acids is 1. The molecular weight excluding hydrogens is 314 g/mol. The Balaban J connectivity index is 2.30. The van der Waals surface area contributed by atoms with Crippen LogP contribution in [0.5, 0.6) is 0 Å². The van der Waals surface area contributed by atoms with Crippen LogP contribution >= 0.6 is 22.9 Å². The molecule has 2 heterocycles. The van der Waals surface area contributed by atoms with Gasteiger partial charge in [0.1, 0.15) is 6.54 Å². The van der Waals surface area contributed by atoms with Gasteiger partial charge < -0.3 is 10.0 Å². The van der Waals surface area contributed by atoms with Gasteiger partial charge in [0.05, 0.1) is 26.7 Å². The van der Waals surface area contributed by atoms with Crippen LogP contribution in [0.4, 0.5) is 0 Å². The Bertz CT molecular complexity index is 653. The minimum Gasteiger partial charge on any atom is -0.480 e. The molecular formula is C13H14ClN3O3S. The van der Waals surface area contributed by atoms with Crippen molar-refractivity contribution in [3.63, 3.8) is 0 Å². The van der Waals surface area contributed by atoms with E-state index < -0.39 is 5.97 Å². The molecule has 0 saturated carbocycles. The average Bonchev–Trinajstić information content (AvgIpc) is 3.05. The van der Waals surface area contributed by atoms with Crippen LogP contribution in [0.2, 0.25) is 4.34 Å². The lowest BCUT2D eigenvalue weighted by molar-refractivity contribution is -0.137. The smallest absolute Gasteiger partial charge is 0.323 e. The molecule has 0 atom stereocenters. The van der Waals surface area contributed by atoms with Gasteiger partial charge in [-0.2, -0.15) is 5.10 Å². The Morgan fingerprint density at radius 3 is 2.81 bits per heavy atom. The third-order valence-electron chi connectivity index (χ3n) is 2.80. The average molecular weight is 328 g/mol. The van der Waals surface area contributed by atoms with E-state index in [2.05, 4.69) is 10.2 Å². The largest absolute Gasteiger partial charge is 0.480 e. The first-order valence-corrected chi connectivity index (χ1v) is 7.52. The summed E-state index contributed by atoms with van der Waals surface area (Å²) in [5, 5.41) is 15.6. The Morgan fingerprint density at radius 2 is 2.24 bits per heavy atom. The number of nitrogens with zero attached hydrogens (tertiary/aromatic N) is 2. The molecule has 112 valence electrons. The Labute approximate surface area is 130 Å². The first kappa shape index (κ1) is 15.5. The highest BCUT2D eigenvalue weighted by Crippen LogP contribution is 2.32. The van der Waals surface area contributed by atoms with Crippen molar-refractivity contribution in [2.75, 3.05) is 13.1 Å². The lowest BCUT2D eigenvalue weighted by atomic mass is 10.2. The predicted octanol–water partition coefficient (Wildman–Crippen LogP) is 2.73. The summed E-state index contributed by atoms with van der Waals surface area (Å²) >= 11 is 7.22. The van der Waals surface area contributed by atoms with E-state index >= 15 is 0 Å². The molecule has 21 heavy (non-hydrogen) atoms. The number of amides is 1. The number of aromatic nitrogens is 2. The molecule has 0 radical (unpaired) electrons. The van der Waals surface area contributed by atoms with E-state index in [1.807, 2.05) is 6.92 Å². The normalized spacial score (nSPS) is 10.6. The molecule has 2 rings (SSSR count). The minimum absolute atomic E-state index is 0.331. The second-order valence-electron chi connectivity index (χ2n) is 4.38. The van der Waals surface area contributed by atoms with Crippen LogP contribution in [0.3, 0.4) is 0 Å². The number of halogens is 1. The lowest BCUT2D eigenvalue weighted by Crippen LogP contribution is -2.36. The summed E-state index contributed by atoms with van der Waals surface area (Å²) in [6.07, 6.45) is 2.09. The quantitative estimate of drug-likeness (QED) is 0.854. The van der Waals surface area contributed by atoms with E-state index in [0.29, 0.717) is 28.6 Å². The summed E-state index contributed by atoms with van der Waals surface area (Å²) in [5.74, 6) is -1.39. The molecule has 0 aliphatic rings. The van der Waals surface area contributed by atoms with Crippen LogP contribution in [-0.4, -0.2) is 45.2 Å². The molecule has 2 aromatic rings. The number of hydrogen-bond donors (Lipinski definition) is 2. The summed E-state index contributed by atoms with van der Waals surface area (Å²) in [6, 6.07) is 3.52. The van der Waals surface area contributed by atoms with Gasteiger partial charge in [0, 0.05) is 6.54 Å². The topological polar surface area (TPSA) is 86.3 Å². The Morgan fingerprint density at radius 1 is 1.48 bits per heavy atom. The fourth-order valence-corrected chi connectivity index (χ4v) is 2.99. The van der Waals surface area contributed by atoms with Crippen LogP contribution in [-0.2, 0) is 4.79 Å². The second-order valence-corrected chi connectivity index (χ2v) is 6.10. The fourth-order valence-electron chi connectivity index (χ4n) is 1.94. The highest BCUT2D eigenvalue weighted by atomic mass is 35.5. The minimum atomic E-state index is -1.04. The van der Waals surface area contributed by atoms with Gasteiger partial charge in [0.25, 0.3) is 5.91 Å². The number of nitrogens with one attached hydrogen (secondary N) is 1. The summed E-state index contributed by atoms with van der Waals surface area (Å²) in [4.78, 5) is 25.5. The Hall–Kier alpha value is -1.86. The summed E-state index contributed by atoms with van der Waals surface area (Å²) < 4.78 is 0.606. The first-order valence-electron chi connectivity index (χ1n) is 6.33. The van der Waals surface area contributed by atoms with Crippen LogP contribution in [0.1, 0.15) is 23.7 Å². The van der Waals surface area contributed by atoms with Crippen molar-refractivity contribution in [2.45, 2.75) is 13.3 Å². The molecule has 0 saturated heterocycles. The molecule has 6 nitrogen and oxygen atoms in total. The van der Waals surface area contributed by atoms with Crippen molar-refractivity contribution in [2.24, 2.45) is 0 Å². The van der Waals surface area contributed by atoms with E-state index in [1.165, 1.54) is 22.4 Å². The number of H-pyrrole nitrogens is 1. The zero-order chi connectivity index (χ0) is 15.4. The molecule has 0 bridgehead atoms. The predicted molar refractivity (Wildman–Crippen MR) is 80.7 cm³/mol. The second kappa shape index (κ2) is 6.73. The number of carbonyl (C=O) groups excluding carboxylic acids is 1. The molecule has 0 aliphatic carbocycles. The van der Waals surface area contributed by atoms with Gasteiger partial charge in [0.15, 0.2) is 0 Å². The van der Waals surface area contributed by atoms with Gasteiger partial charge in [-0.25, -0.2) is 0 Å². The first-order chi connectivity index (χ1) is 10.0. The molecule has 0 spiro atoms. The van der Waals surface area contributed by atoms with Gasteiger partial charge in [-0.15, -0.1) is 11.3 Å². The van der Waals surface area contributed by atoms with E-state index in [1.54, 1.807) is 12.1 Å². The third kappa shape index (κ3) is 3.62. The van der Waals surface area contributed by atoms with Gasteiger partial charge in [-0.05, 0) is 18.6 Å². The van der Waals surface area contributed by atoms with Crippen molar-refractivity contribution in [1.82, 2.24) is 15.1 Å². The van der Waals surface area contributed by atoms with E-state index in [0.717, 1.165) is 4.88 Å². The number of carboxylic acids is 1. The van der Waals surface area contributed by atoms with Crippen LogP contribution in [0.15, 0.2) is 18.3 Å². The molecule has 0 fully saturated rings. The zero-order valence-corrected chi connectivity index (χ0v) is 12.9. The highest BCUT2D eigenvalue weighted by Gasteiger charge is 2.23. The van der Waals surface area contributed by atoms with Crippen molar-refractivity contribution >= 4 is 34.8 Å². The SMILES string of the molecule is CCCN(CC(=O)O)C(=O)c1cn[nH]c1-c1ccc(Cl)s1. The zero-order valence-electron chi connectivity index (χ0n) is 11.3. The fraction of sp³-hybridized carbons (Fsp3) is 0.308. The van der Waals surface area contributed by atoms with Crippen LogP contribution in [0.25, 0.3) is 10.6 Å². The maximum Gasteiger partial charge on any atom is 0.323 e. The molecule has 0 aliphatic heterocycles. The highest BCUT2D eigenvalue weighted by molar-refractivity contribution is 7.19. The number of rotatable bonds is 6. The van der Waals surface area contributed by atoms with Crippen LogP contribution in [0, 0.1) is 0 Å². The van der Waals surface area contributed by atoms with Crippen molar-refractivity contribution < 1.29 is 14.7 Å². The molecule has 8 heteroatoms. The molecule has 1 amide bonds.